The minimum Gasteiger partial charge on any atom is -0.496 e. The number of hydrogen-bond donors (Lipinski definition) is 1. The van der Waals surface area contributed by atoms with Gasteiger partial charge in [0.25, 0.3) is 0 Å². The first-order valence-corrected chi connectivity index (χ1v) is 10.9. The first kappa shape index (κ1) is 20.7. The van der Waals surface area contributed by atoms with Gasteiger partial charge in [-0.25, -0.2) is 0 Å². The summed E-state index contributed by atoms with van der Waals surface area (Å²) in [5.41, 5.74) is 5.02. The van der Waals surface area contributed by atoms with Crippen LogP contribution in [0.15, 0.2) is 42.5 Å². The molecule has 3 rings (SSSR count). The van der Waals surface area contributed by atoms with E-state index >= 15 is 0 Å². The Bertz CT molecular complexity index is 777. The lowest BCUT2D eigenvalue weighted by atomic mass is 10.0. The Kier molecular flexibility index (Phi) is 7.32. The first-order chi connectivity index (χ1) is 13.7. The van der Waals surface area contributed by atoms with Gasteiger partial charge in [-0.05, 0) is 55.1 Å². The number of thiocarbonyl (C=S) groups is 1. The molecular formula is C24H32N2OS. The highest BCUT2D eigenvalue weighted by atomic mass is 32.1. The summed E-state index contributed by atoms with van der Waals surface area (Å²) in [7, 11) is 1.74. The van der Waals surface area contributed by atoms with Crippen molar-refractivity contribution >= 4 is 23.0 Å². The van der Waals surface area contributed by atoms with Crippen LogP contribution in [-0.4, -0.2) is 23.2 Å². The quantitative estimate of drug-likeness (QED) is 0.584. The highest BCUT2D eigenvalue weighted by Crippen LogP contribution is 2.29. The predicted molar refractivity (Wildman–Crippen MR) is 122 cm³/mol. The van der Waals surface area contributed by atoms with Gasteiger partial charge in [-0.15, -0.1) is 0 Å². The fourth-order valence-electron chi connectivity index (χ4n) is 4.18. The highest BCUT2D eigenvalue weighted by molar-refractivity contribution is 7.80. The lowest BCUT2D eigenvalue weighted by Crippen LogP contribution is -2.41. The predicted octanol–water partition coefficient (Wildman–Crippen LogP) is 5.96. The molecule has 0 bridgehead atoms. The van der Waals surface area contributed by atoms with E-state index in [2.05, 4.69) is 54.4 Å². The van der Waals surface area contributed by atoms with Crippen molar-refractivity contribution in [2.75, 3.05) is 12.4 Å². The molecular weight excluding hydrogens is 364 g/mol. The van der Waals surface area contributed by atoms with Gasteiger partial charge in [0, 0.05) is 23.8 Å². The van der Waals surface area contributed by atoms with Crippen LogP contribution >= 0.6 is 12.2 Å². The second-order valence-electron chi connectivity index (χ2n) is 7.47. The van der Waals surface area contributed by atoms with Crippen molar-refractivity contribution < 1.29 is 4.74 Å². The van der Waals surface area contributed by atoms with Crippen molar-refractivity contribution in [3.63, 3.8) is 0 Å². The zero-order valence-electron chi connectivity index (χ0n) is 17.3. The fourth-order valence-corrected chi connectivity index (χ4v) is 4.50. The number of nitrogens with zero attached hydrogens (tertiary/aromatic N) is 1. The normalized spacial score (nSPS) is 14.1. The maximum Gasteiger partial charge on any atom is 0.173 e. The van der Waals surface area contributed by atoms with Crippen LogP contribution in [-0.2, 0) is 19.4 Å². The number of nitrogens with one attached hydrogen (secondary N) is 1. The molecule has 1 aliphatic carbocycles. The molecule has 28 heavy (non-hydrogen) atoms. The summed E-state index contributed by atoms with van der Waals surface area (Å²) in [5.74, 6) is 0.927. The largest absolute Gasteiger partial charge is 0.496 e. The van der Waals surface area contributed by atoms with Gasteiger partial charge in [-0.3, -0.25) is 0 Å². The molecule has 0 atom stereocenters. The Morgan fingerprint density at radius 2 is 1.61 bits per heavy atom. The van der Waals surface area contributed by atoms with Gasteiger partial charge in [0.2, 0.25) is 0 Å². The van der Waals surface area contributed by atoms with E-state index in [9.17, 15) is 0 Å². The van der Waals surface area contributed by atoms with Gasteiger partial charge in [-0.1, -0.05) is 63.1 Å². The molecule has 150 valence electrons. The van der Waals surface area contributed by atoms with Crippen LogP contribution in [0.3, 0.4) is 0 Å². The van der Waals surface area contributed by atoms with Crippen molar-refractivity contribution in [2.45, 2.75) is 65.0 Å². The molecule has 0 amide bonds. The van der Waals surface area contributed by atoms with Gasteiger partial charge in [0.05, 0.1) is 7.11 Å². The number of benzene rings is 2. The molecule has 3 nitrogen and oxygen atoms in total. The molecule has 0 radical (unpaired) electrons. The third-order valence-electron chi connectivity index (χ3n) is 5.79. The van der Waals surface area contributed by atoms with Crippen LogP contribution < -0.4 is 10.1 Å². The van der Waals surface area contributed by atoms with Crippen LogP contribution in [0.4, 0.5) is 5.69 Å². The molecule has 1 N–H and O–H groups in total. The first-order valence-electron chi connectivity index (χ1n) is 10.5. The number of aryl methyl sites for hydroxylation is 2. The lowest BCUT2D eigenvalue weighted by Gasteiger charge is -2.33. The smallest absolute Gasteiger partial charge is 0.173 e. The maximum absolute atomic E-state index is 5.96. The number of methoxy groups -OCH3 is 1. The van der Waals surface area contributed by atoms with Gasteiger partial charge in [-0.2, -0.15) is 0 Å². The van der Waals surface area contributed by atoms with E-state index in [4.69, 9.17) is 17.0 Å². The Hall–Kier alpha value is -2.07. The number of para-hydroxylation sites is 2. The van der Waals surface area contributed by atoms with Crippen molar-refractivity contribution in [2.24, 2.45) is 0 Å². The molecule has 0 aromatic heterocycles. The zero-order valence-corrected chi connectivity index (χ0v) is 18.1. The van der Waals surface area contributed by atoms with E-state index in [-0.39, 0.29) is 0 Å². The molecule has 1 aliphatic rings. The second kappa shape index (κ2) is 9.92. The van der Waals surface area contributed by atoms with E-state index in [1.54, 1.807) is 7.11 Å². The van der Waals surface area contributed by atoms with Gasteiger partial charge in [0.1, 0.15) is 5.75 Å². The van der Waals surface area contributed by atoms with E-state index in [1.165, 1.54) is 48.1 Å². The Morgan fingerprint density at radius 1 is 1.00 bits per heavy atom. The van der Waals surface area contributed by atoms with Crippen molar-refractivity contribution in [3.8, 4) is 5.75 Å². The topological polar surface area (TPSA) is 24.5 Å². The molecule has 2 aromatic carbocycles. The number of anilines is 1. The monoisotopic (exact) mass is 396 g/mol. The van der Waals surface area contributed by atoms with Crippen molar-refractivity contribution in [1.29, 1.82) is 0 Å². The molecule has 1 fully saturated rings. The van der Waals surface area contributed by atoms with Crippen LogP contribution in [0, 0.1) is 0 Å². The van der Waals surface area contributed by atoms with Crippen molar-refractivity contribution in [1.82, 2.24) is 4.90 Å². The van der Waals surface area contributed by atoms with Crippen LogP contribution in [0.2, 0.25) is 0 Å². The number of rotatable bonds is 7. The minimum absolute atomic E-state index is 0.490. The summed E-state index contributed by atoms with van der Waals surface area (Å²) in [6.07, 6.45) is 6.95. The Morgan fingerprint density at radius 3 is 2.21 bits per heavy atom. The SMILES string of the molecule is CCc1cccc(CC)c1NC(=S)N(Cc1ccccc1OC)C1CCCC1. The number of ether oxygens (including phenoxy) is 1. The highest BCUT2D eigenvalue weighted by Gasteiger charge is 2.26. The third kappa shape index (κ3) is 4.67. The summed E-state index contributed by atoms with van der Waals surface area (Å²) >= 11 is 5.96. The summed E-state index contributed by atoms with van der Waals surface area (Å²) in [5, 5.41) is 4.46. The summed E-state index contributed by atoms with van der Waals surface area (Å²) in [4.78, 5) is 2.38. The zero-order chi connectivity index (χ0) is 19.9. The molecule has 4 heteroatoms. The minimum atomic E-state index is 0.490. The molecule has 0 saturated heterocycles. The van der Waals surface area contributed by atoms with Crippen LogP contribution in [0.1, 0.15) is 56.2 Å². The molecule has 0 unspecified atom stereocenters. The maximum atomic E-state index is 5.96. The molecule has 1 saturated carbocycles. The summed E-state index contributed by atoms with van der Waals surface area (Å²) in [6, 6.07) is 15.3. The summed E-state index contributed by atoms with van der Waals surface area (Å²) < 4.78 is 5.59. The van der Waals surface area contributed by atoms with Crippen LogP contribution in [0.5, 0.6) is 5.75 Å². The second-order valence-corrected chi connectivity index (χ2v) is 7.85. The molecule has 2 aromatic rings. The van der Waals surface area contributed by atoms with E-state index < -0.39 is 0 Å². The average Bonchev–Trinajstić information content (AvgIpc) is 3.26. The summed E-state index contributed by atoms with van der Waals surface area (Å²) in [6.45, 7) is 5.18. The Labute approximate surface area is 175 Å². The third-order valence-corrected chi connectivity index (χ3v) is 6.13. The fraction of sp³-hybridized carbons (Fsp3) is 0.458. The lowest BCUT2D eigenvalue weighted by molar-refractivity contribution is 0.305. The average molecular weight is 397 g/mol. The Balaban J connectivity index is 1.88. The van der Waals surface area contributed by atoms with E-state index in [0.29, 0.717) is 6.04 Å². The standard InChI is InChI=1S/C24H32N2OS/c1-4-18-12-10-13-19(5-2)23(18)25-24(28)26(21-14-7-8-15-21)17-20-11-6-9-16-22(20)27-3/h6,9-13,16,21H,4-5,7-8,14-15,17H2,1-3H3,(H,25,28). The van der Waals surface area contributed by atoms with Crippen LogP contribution in [0.25, 0.3) is 0 Å². The van der Waals surface area contributed by atoms with Gasteiger partial charge < -0.3 is 15.0 Å². The van der Waals surface area contributed by atoms with Gasteiger partial charge >= 0.3 is 0 Å². The van der Waals surface area contributed by atoms with E-state index in [1.807, 2.05) is 12.1 Å². The number of hydrogen-bond acceptors (Lipinski definition) is 2. The van der Waals surface area contributed by atoms with E-state index in [0.717, 1.165) is 30.2 Å². The van der Waals surface area contributed by atoms with Crippen molar-refractivity contribution in [3.05, 3.63) is 59.2 Å². The molecule has 0 aliphatic heterocycles. The molecule has 0 spiro atoms. The van der Waals surface area contributed by atoms with Gasteiger partial charge in [0.15, 0.2) is 5.11 Å². The molecule has 0 heterocycles.